The fourth-order valence-electron chi connectivity index (χ4n) is 1.92. The first-order valence-corrected chi connectivity index (χ1v) is 7.57. The van der Waals surface area contributed by atoms with Gasteiger partial charge in [-0.3, -0.25) is 19.1 Å². The molecule has 0 saturated carbocycles. The number of carboxylic acid groups (broad SMARTS) is 1. The largest absolute Gasteiger partial charge is 0.490 e. The lowest BCUT2D eigenvalue weighted by Gasteiger charge is -2.15. The Hall–Kier alpha value is -1.96. The van der Waals surface area contributed by atoms with Gasteiger partial charge in [0.05, 0.1) is 12.0 Å². The normalized spacial score (nSPS) is 13.7. The maximum absolute atomic E-state index is 12.2. The fourth-order valence-corrected chi connectivity index (χ4v) is 3.44. The molecule has 2 unspecified atom stereocenters. The van der Waals surface area contributed by atoms with Gasteiger partial charge >= 0.3 is 11.7 Å². The summed E-state index contributed by atoms with van der Waals surface area (Å²) in [6.45, 7) is 3.35. The molecule has 1 aromatic rings. The van der Waals surface area contributed by atoms with Crippen molar-refractivity contribution in [2.45, 2.75) is 24.9 Å². The predicted octanol–water partition coefficient (Wildman–Crippen LogP) is 1.96. The van der Waals surface area contributed by atoms with Crippen molar-refractivity contribution in [3.8, 4) is 5.75 Å². The third kappa shape index (κ3) is 4.25. The molecule has 0 bridgehead atoms. The molecular formula is C13H17NO6S. The zero-order valence-electron chi connectivity index (χ0n) is 11.9. The molecule has 0 heterocycles. The maximum atomic E-state index is 12.2. The molecule has 0 aliphatic heterocycles. The summed E-state index contributed by atoms with van der Waals surface area (Å²) in [5.74, 6) is -1.38. The molecule has 0 saturated heterocycles. The van der Waals surface area contributed by atoms with Crippen molar-refractivity contribution in [1.29, 1.82) is 0 Å². The molecule has 1 N–H and O–H groups in total. The van der Waals surface area contributed by atoms with Crippen molar-refractivity contribution in [3.63, 3.8) is 0 Å². The molecular weight excluding hydrogens is 298 g/mol. The molecule has 2 atom stereocenters. The highest BCUT2D eigenvalue weighted by molar-refractivity contribution is 7.85. The summed E-state index contributed by atoms with van der Waals surface area (Å²) in [5.41, 5.74) is 0.205. The molecule has 116 valence electrons. The van der Waals surface area contributed by atoms with Crippen molar-refractivity contribution < 1.29 is 23.8 Å². The lowest BCUT2D eigenvalue weighted by molar-refractivity contribution is -0.385. The van der Waals surface area contributed by atoms with Crippen LogP contribution in [0.15, 0.2) is 18.2 Å². The van der Waals surface area contributed by atoms with E-state index in [9.17, 15) is 19.1 Å². The number of benzene rings is 1. The zero-order chi connectivity index (χ0) is 16.2. The molecule has 8 heteroatoms. The van der Waals surface area contributed by atoms with E-state index in [4.69, 9.17) is 9.84 Å². The number of methoxy groups -OCH3 is 1. The van der Waals surface area contributed by atoms with E-state index >= 15 is 0 Å². The highest BCUT2D eigenvalue weighted by Gasteiger charge is 2.28. The maximum Gasteiger partial charge on any atom is 0.319 e. The Morgan fingerprint density at radius 3 is 2.52 bits per heavy atom. The monoisotopic (exact) mass is 315 g/mol. The van der Waals surface area contributed by atoms with Crippen molar-refractivity contribution in [1.82, 2.24) is 0 Å². The first kappa shape index (κ1) is 17.1. The Balaban J connectivity index is 3.03. The number of aliphatic carboxylic acids is 1. The van der Waals surface area contributed by atoms with Crippen LogP contribution in [0.5, 0.6) is 5.75 Å². The van der Waals surface area contributed by atoms with E-state index < -0.39 is 26.9 Å². The van der Waals surface area contributed by atoms with Gasteiger partial charge in [0.1, 0.15) is 5.25 Å². The van der Waals surface area contributed by atoms with Crippen LogP contribution in [-0.2, 0) is 21.3 Å². The molecule has 21 heavy (non-hydrogen) atoms. The van der Waals surface area contributed by atoms with Crippen LogP contribution in [0.25, 0.3) is 0 Å². The fraction of sp³-hybridized carbons (Fsp3) is 0.462. The minimum Gasteiger partial charge on any atom is -0.490 e. The number of nitrogens with zero attached hydrogens (tertiary/aromatic N) is 1. The average Bonchev–Trinajstić information content (AvgIpc) is 2.37. The van der Waals surface area contributed by atoms with E-state index in [0.717, 1.165) is 0 Å². The standard InChI is InChI=1S/C13H17NO6S/c1-8(2)12(13(15)16)21(19)7-9-4-5-11(20-3)10(6-9)14(17)18/h4-6,8,12H,7H2,1-3H3,(H,15,16). The first-order valence-electron chi connectivity index (χ1n) is 6.19. The molecule has 0 fully saturated rings. The number of rotatable bonds is 7. The third-order valence-electron chi connectivity index (χ3n) is 2.88. The summed E-state index contributed by atoms with van der Waals surface area (Å²) in [6.07, 6.45) is 0. The summed E-state index contributed by atoms with van der Waals surface area (Å²) in [6, 6.07) is 4.22. The zero-order valence-corrected chi connectivity index (χ0v) is 12.8. The smallest absolute Gasteiger partial charge is 0.319 e. The lowest BCUT2D eigenvalue weighted by atomic mass is 10.1. The minimum absolute atomic E-state index is 0.0556. The number of hydrogen-bond donors (Lipinski definition) is 1. The van der Waals surface area contributed by atoms with E-state index in [1.165, 1.54) is 19.2 Å². The number of carboxylic acids is 1. The summed E-state index contributed by atoms with van der Waals surface area (Å²) in [5, 5.41) is 19.0. The summed E-state index contributed by atoms with van der Waals surface area (Å²) >= 11 is 0. The van der Waals surface area contributed by atoms with Gasteiger partial charge in [-0.15, -0.1) is 0 Å². The molecule has 0 radical (unpaired) electrons. The predicted molar refractivity (Wildman–Crippen MR) is 77.8 cm³/mol. The number of nitro benzene ring substituents is 1. The average molecular weight is 315 g/mol. The SMILES string of the molecule is COc1ccc(CS(=O)C(C(=O)O)C(C)C)cc1[N+](=O)[O-]. The number of ether oxygens (including phenoxy) is 1. The van der Waals surface area contributed by atoms with E-state index in [1.807, 2.05) is 0 Å². The molecule has 1 aromatic carbocycles. The molecule has 0 aromatic heterocycles. The topological polar surface area (TPSA) is 107 Å². The van der Waals surface area contributed by atoms with Gasteiger partial charge in [-0.25, -0.2) is 0 Å². The van der Waals surface area contributed by atoms with Crippen molar-refractivity contribution >= 4 is 22.5 Å². The number of nitro groups is 1. The number of carbonyl (C=O) groups is 1. The van der Waals surface area contributed by atoms with E-state index in [2.05, 4.69) is 0 Å². The Labute approximate surface area is 124 Å². The van der Waals surface area contributed by atoms with Gasteiger partial charge in [0.25, 0.3) is 0 Å². The molecule has 0 aliphatic rings. The molecule has 7 nitrogen and oxygen atoms in total. The van der Waals surface area contributed by atoms with Gasteiger partial charge in [0.15, 0.2) is 5.75 Å². The second kappa shape index (κ2) is 7.16. The summed E-state index contributed by atoms with van der Waals surface area (Å²) in [7, 11) is -0.343. The van der Waals surface area contributed by atoms with Crippen LogP contribution in [-0.4, -0.2) is 32.6 Å². The van der Waals surface area contributed by atoms with Gasteiger partial charge in [-0.1, -0.05) is 19.9 Å². The molecule has 1 rings (SSSR count). The molecule has 0 spiro atoms. The van der Waals surface area contributed by atoms with Crippen molar-refractivity contribution in [3.05, 3.63) is 33.9 Å². The van der Waals surface area contributed by atoms with Gasteiger partial charge in [0, 0.05) is 22.6 Å². The Morgan fingerprint density at radius 2 is 2.10 bits per heavy atom. The number of hydrogen-bond acceptors (Lipinski definition) is 5. The van der Waals surface area contributed by atoms with E-state index in [1.54, 1.807) is 19.9 Å². The quantitative estimate of drug-likeness (QED) is 0.609. The third-order valence-corrected chi connectivity index (χ3v) is 4.81. The van der Waals surface area contributed by atoms with Gasteiger partial charge in [-0.05, 0) is 17.5 Å². The second-order valence-electron chi connectivity index (χ2n) is 4.79. The van der Waals surface area contributed by atoms with Gasteiger partial charge in [0.2, 0.25) is 0 Å². The molecule has 0 amide bonds. The van der Waals surface area contributed by atoms with Crippen LogP contribution < -0.4 is 4.74 Å². The van der Waals surface area contributed by atoms with Crippen LogP contribution in [0.2, 0.25) is 0 Å². The highest BCUT2D eigenvalue weighted by atomic mass is 32.2. The first-order chi connectivity index (χ1) is 9.77. The molecule has 0 aliphatic carbocycles. The van der Waals surface area contributed by atoms with Crippen molar-refractivity contribution in [2.24, 2.45) is 5.92 Å². The van der Waals surface area contributed by atoms with Crippen molar-refractivity contribution in [2.75, 3.05) is 7.11 Å². The van der Waals surface area contributed by atoms with Crippen LogP contribution >= 0.6 is 0 Å². The van der Waals surface area contributed by atoms with Crippen LogP contribution in [0, 0.1) is 16.0 Å². The van der Waals surface area contributed by atoms with Gasteiger partial charge < -0.3 is 9.84 Å². The Bertz CT molecular complexity index is 572. The minimum atomic E-state index is -1.66. The highest BCUT2D eigenvalue weighted by Crippen LogP contribution is 2.28. The van der Waals surface area contributed by atoms with Gasteiger partial charge in [-0.2, -0.15) is 0 Å². The Kier molecular flexibility index (Phi) is 5.83. The Morgan fingerprint density at radius 1 is 1.48 bits per heavy atom. The van der Waals surface area contributed by atoms with Crippen LogP contribution in [0.4, 0.5) is 5.69 Å². The van der Waals surface area contributed by atoms with E-state index in [0.29, 0.717) is 5.56 Å². The second-order valence-corrected chi connectivity index (χ2v) is 6.35. The summed E-state index contributed by atoms with van der Waals surface area (Å²) < 4.78 is 17.0. The summed E-state index contributed by atoms with van der Waals surface area (Å²) in [4.78, 5) is 21.5. The van der Waals surface area contributed by atoms with Crippen LogP contribution in [0.1, 0.15) is 19.4 Å². The van der Waals surface area contributed by atoms with Crippen LogP contribution in [0.3, 0.4) is 0 Å². The van der Waals surface area contributed by atoms with E-state index in [-0.39, 0.29) is 23.1 Å². The lowest BCUT2D eigenvalue weighted by Crippen LogP contribution is -2.31.